The van der Waals surface area contributed by atoms with Crippen molar-refractivity contribution < 1.29 is 4.92 Å². The van der Waals surface area contributed by atoms with Gasteiger partial charge in [-0.2, -0.15) is 0 Å². The van der Waals surface area contributed by atoms with Crippen LogP contribution in [0.15, 0.2) is 18.2 Å². The van der Waals surface area contributed by atoms with Crippen molar-refractivity contribution in [1.82, 2.24) is 4.90 Å². The van der Waals surface area contributed by atoms with E-state index >= 15 is 0 Å². The minimum Gasteiger partial charge on any atom is -0.388 e. The Morgan fingerprint density at radius 1 is 1.29 bits per heavy atom. The van der Waals surface area contributed by atoms with E-state index in [0.29, 0.717) is 6.04 Å². The predicted octanol–water partition coefficient (Wildman–Crippen LogP) is 2.92. The summed E-state index contributed by atoms with van der Waals surface area (Å²) < 4.78 is 0. The van der Waals surface area contributed by atoms with Gasteiger partial charge in [0.05, 0.1) is 4.92 Å². The third kappa shape index (κ3) is 4.32. The molecule has 6 heteroatoms. The molecule has 0 unspecified atom stereocenters. The van der Waals surface area contributed by atoms with Crippen molar-refractivity contribution >= 4 is 17.1 Å². The van der Waals surface area contributed by atoms with Crippen molar-refractivity contribution in [3.8, 4) is 0 Å². The Morgan fingerprint density at radius 3 is 2.52 bits per heavy atom. The first-order chi connectivity index (χ1) is 10.1. The lowest BCUT2D eigenvalue weighted by Crippen LogP contribution is -2.39. The molecule has 0 spiro atoms. The Labute approximate surface area is 125 Å². The van der Waals surface area contributed by atoms with Crippen LogP contribution in [0.4, 0.5) is 17.1 Å². The number of nitrogens with one attached hydrogen (secondary N) is 2. The number of nitro groups is 1. The normalized spacial score (nSPS) is 16.7. The van der Waals surface area contributed by atoms with Crippen molar-refractivity contribution in [3.63, 3.8) is 0 Å². The van der Waals surface area contributed by atoms with Gasteiger partial charge in [0.25, 0.3) is 5.69 Å². The first-order valence-electron chi connectivity index (χ1n) is 7.58. The molecule has 1 aromatic rings. The molecule has 21 heavy (non-hydrogen) atoms. The van der Waals surface area contributed by atoms with Gasteiger partial charge >= 0.3 is 0 Å². The molecule has 0 saturated carbocycles. The highest BCUT2D eigenvalue weighted by molar-refractivity contribution is 5.63. The van der Waals surface area contributed by atoms with Gasteiger partial charge in [-0.15, -0.1) is 0 Å². The van der Waals surface area contributed by atoms with Crippen LogP contribution in [-0.4, -0.2) is 42.5 Å². The molecule has 0 radical (unpaired) electrons. The van der Waals surface area contributed by atoms with Gasteiger partial charge in [0, 0.05) is 49.7 Å². The molecule has 1 saturated heterocycles. The summed E-state index contributed by atoms with van der Waals surface area (Å²) in [6.07, 6.45) is 3.35. The molecule has 1 heterocycles. The average Bonchev–Trinajstić information content (AvgIpc) is 2.49. The second-order valence-electron chi connectivity index (χ2n) is 5.54. The number of anilines is 2. The Balaban J connectivity index is 2.00. The van der Waals surface area contributed by atoms with Crippen LogP contribution < -0.4 is 10.6 Å². The van der Waals surface area contributed by atoms with Crippen LogP contribution in [0.2, 0.25) is 0 Å². The molecule has 0 aliphatic carbocycles. The average molecular weight is 292 g/mol. The maximum Gasteiger partial charge on any atom is 0.273 e. The Kier molecular flexibility index (Phi) is 5.38. The Hall–Kier alpha value is -1.82. The fraction of sp³-hybridized carbons (Fsp3) is 0.600. The highest BCUT2D eigenvalue weighted by Gasteiger charge is 2.19. The van der Waals surface area contributed by atoms with E-state index in [1.807, 2.05) is 6.07 Å². The zero-order valence-corrected chi connectivity index (χ0v) is 12.8. The number of likely N-dealkylation sites (tertiary alicyclic amines) is 1. The molecule has 1 aromatic carbocycles. The molecule has 0 atom stereocenters. The van der Waals surface area contributed by atoms with E-state index in [0.717, 1.165) is 43.9 Å². The van der Waals surface area contributed by atoms with Crippen molar-refractivity contribution in [2.45, 2.75) is 32.2 Å². The van der Waals surface area contributed by atoms with E-state index in [1.165, 1.54) is 6.42 Å². The van der Waals surface area contributed by atoms with Gasteiger partial charge in [0.1, 0.15) is 0 Å². The van der Waals surface area contributed by atoms with E-state index in [-0.39, 0.29) is 10.6 Å². The topological polar surface area (TPSA) is 70.4 Å². The summed E-state index contributed by atoms with van der Waals surface area (Å²) >= 11 is 0. The van der Waals surface area contributed by atoms with E-state index in [2.05, 4.69) is 22.5 Å². The molecule has 0 aromatic heterocycles. The number of nitro benzene ring substituents is 1. The fourth-order valence-corrected chi connectivity index (χ4v) is 2.80. The first kappa shape index (κ1) is 15.6. The van der Waals surface area contributed by atoms with Crippen LogP contribution in [0.1, 0.15) is 26.2 Å². The fourth-order valence-electron chi connectivity index (χ4n) is 2.80. The highest BCUT2D eigenvalue weighted by Crippen LogP contribution is 2.26. The molecule has 1 fully saturated rings. The van der Waals surface area contributed by atoms with Crippen molar-refractivity contribution in [1.29, 1.82) is 0 Å². The smallest absolute Gasteiger partial charge is 0.273 e. The number of piperidine rings is 1. The molecule has 116 valence electrons. The summed E-state index contributed by atoms with van der Waals surface area (Å²) in [5, 5.41) is 17.4. The Bertz CT molecular complexity index is 485. The van der Waals surface area contributed by atoms with Gasteiger partial charge in [-0.05, 0) is 31.9 Å². The Morgan fingerprint density at radius 2 is 1.95 bits per heavy atom. The summed E-state index contributed by atoms with van der Waals surface area (Å²) in [7, 11) is 1.77. The van der Waals surface area contributed by atoms with Crippen LogP contribution in [0.3, 0.4) is 0 Å². The van der Waals surface area contributed by atoms with Gasteiger partial charge in [-0.3, -0.25) is 10.1 Å². The standard InChI is InChI=1S/C15H24N4O2/c1-3-6-18-7-4-12(5-8-18)17-14-9-13(16-2)10-15(11-14)19(20)21/h9-12,16-17H,3-8H2,1-2H3. The third-order valence-electron chi connectivity index (χ3n) is 3.92. The zero-order valence-electron chi connectivity index (χ0n) is 12.8. The molecule has 1 aliphatic heterocycles. The number of benzene rings is 1. The quantitative estimate of drug-likeness (QED) is 0.623. The number of rotatable bonds is 6. The first-order valence-corrected chi connectivity index (χ1v) is 7.58. The summed E-state index contributed by atoms with van der Waals surface area (Å²) in [6, 6.07) is 5.48. The summed E-state index contributed by atoms with van der Waals surface area (Å²) in [6.45, 7) is 5.55. The summed E-state index contributed by atoms with van der Waals surface area (Å²) in [5.41, 5.74) is 1.70. The number of non-ortho nitro benzene ring substituents is 1. The van der Waals surface area contributed by atoms with Gasteiger partial charge in [-0.1, -0.05) is 6.92 Å². The van der Waals surface area contributed by atoms with E-state index in [4.69, 9.17) is 0 Å². The SMILES string of the molecule is CCCN1CCC(Nc2cc(NC)cc([N+](=O)[O-])c2)CC1. The van der Waals surface area contributed by atoms with Crippen LogP contribution in [0.25, 0.3) is 0 Å². The van der Waals surface area contributed by atoms with Crippen LogP contribution in [0.5, 0.6) is 0 Å². The van der Waals surface area contributed by atoms with E-state index in [1.54, 1.807) is 19.2 Å². The van der Waals surface area contributed by atoms with Crippen molar-refractivity contribution in [2.75, 3.05) is 37.3 Å². The van der Waals surface area contributed by atoms with Crippen LogP contribution in [-0.2, 0) is 0 Å². The van der Waals surface area contributed by atoms with Crippen LogP contribution >= 0.6 is 0 Å². The van der Waals surface area contributed by atoms with E-state index in [9.17, 15) is 10.1 Å². The third-order valence-corrected chi connectivity index (χ3v) is 3.92. The highest BCUT2D eigenvalue weighted by atomic mass is 16.6. The molecule has 2 rings (SSSR count). The maximum absolute atomic E-state index is 11.0. The molecule has 6 nitrogen and oxygen atoms in total. The molecule has 0 bridgehead atoms. The van der Waals surface area contributed by atoms with E-state index < -0.39 is 0 Å². The number of nitrogens with zero attached hydrogens (tertiary/aromatic N) is 2. The van der Waals surface area contributed by atoms with Crippen molar-refractivity contribution in [2.24, 2.45) is 0 Å². The lowest BCUT2D eigenvalue weighted by molar-refractivity contribution is -0.384. The molecular weight excluding hydrogens is 268 g/mol. The molecule has 0 amide bonds. The second kappa shape index (κ2) is 7.26. The minimum atomic E-state index is -0.351. The molecule has 1 aliphatic rings. The van der Waals surface area contributed by atoms with Crippen LogP contribution in [0, 0.1) is 10.1 Å². The lowest BCUT2D eigenvalue weighted by Gasteiger charge is -2.32. The van der Waals surface area contributed by atoms with Crippen molar-refractivity contribution in [3.05, 3.63) is 28.3 Å². The zero-order chi connectivity index (χ0) is 15.2. The van der Waals surface area contributed by atoms with Gasteiger partial charge in [-0.25, -0.2) is 0 Å². The molecule has 2 N–H and O–H groups in total. The number of hydrogen-bond acceptors (Lipinski definition) is 5. The van der Waals surface area contributed by atoms with Gasteiger partial charge in [0.2, 0.25) is 0 Å². The monoisotopic (exact) mass is 292 g/mol. The maximum atomic E-state index is 11.0. The predicted molar refractivity (Wildman–Crippen MR) is 86.0 cm³/mol. The largest absolute Gasteiger partial charge is 0.388 e. The van der Waals surface area contributed by atoms with Gasteiger partial charge in [0.15, 0.2) is 0 Å². The minimum absolute atomic E-state index is 0.118. The number of hydrogen-bond donors (Lipinski definition) is 2. The summed E-state index contributed by atoms with van der Waals surface area (Å²) in [5.74, 6) is 0. The molecular formula is C15H24N4O2. The second-order valence-corrected chi connectivity index (χ2v) is 5.54. The lowest BCUT2D eigenvalue weighted by atomic mass is 10.0. The summed E-state index contributed by atoms with van der Waals surface area (Å²) in [4.78, 5) is 13.1. The van der Waals surface area contributed by atoms with Gasteiger partial charge < -0.3 is 15.5 Å².